The summed E-state index contributed by atoms with van der Waals surface area (Å²) < 4.78 is 0. The molecule has 0 fully saturated rings. The minimum atomic E-state index is -0.661. The second kappa shape index (κ2) is 15.4. The van der Waals surface area contributed by atoms with Crippen LogP contribution in [0.25, 0.3) is 0 Å². The lowest BCUT2D eigenvalue weighted by atomic mass is 10.1. The highest BCUT2D eigenvalue weighted by molar-refractivity contribution is 5.66. The number of aliphatic hydroxyl groups is 1. The number of aliphatic hydroxyl groups excluding tert-OH is 1. The number of aliphatic carboxylic acids is 1. The number of carbonyl (C=O) groups is 1. The molecule has 1 atom stereocenters. The van der Waals surface area contributed by atoms with Crippen LogP contribution in [0.3, 0.4) is 0 Å². The fraction of sp³-hybridized carbons (Fsp3) is 0.933. The fourth-order valence-corrected chi connectivity index (χ4v) is 1.41. The lowest BCUT2D eigenvalue weighted by molar-refractivity contribution is -0.137. The molecule has 0 saturated heterocycles. The molecule has 0 aromatic rings. The van der Waals surface area contributed by atoms with Crippen molar-refractivity contribution in [1.82, 2.24) is 4.90 Å². The predicted molar refractivity (Wildman–Crippen MR) is 80.2 cm³/mol. The molecule has 0 heterocycles. The van der Waals surface area contributed by atoms with E-state index in [2.05, 4.69) is 6.92 Å². The molecule has 19 heavy (non-hydrogen) atoms. The van der Waals surface area contributed by atoms with E-state index in [1.54, 1.807) is 11.8 Å². The Bertz CT molecular complexity index is 188. The summed E-state index contributed by atoms with van der Waals surface area (Å²) in [6, 6.07) is 0. The zero-order valence-electron chi connectivity index (χ0n) is 13.2. The lowest BCUT2D eigenvalue weighted by Crippen LogP contribution is -2.23. The molecule has 0 rings (SSSR count). The summed E-state index contributed by atoms with van der Waals surface area (Å²) in [5, 5.41) is 16.9. The van der Waals surface area contributed by atoms with Gasteiger partial charge in [0.1, 0.15) is 6.23 Å². The van der Waals surface area contributed by atoms with Crippen LogP contribution >= 0.6 is 0 Å². The van der Waals surface area contributed by atoms with Crippen molar-refractivity contribution in [2.45, 2.75) is 77.9 Å². The predicted octanol–water partition coefficient (Wildman–Crippen LogP) is 3.49. The van der Waals surface area contributed by atoms with Gasteiger partial charge in [-0.15, -0.1) is 0 Å². The zero-order valence-corrected chi connectivity index (χ0v) is 13.2. The van der Waals surface area contributed by atoms with Gasteiger partial charge in [0.25, 0.3) is 0 Å². The maximum Gasteiger partial charge on any atom is 0.303 e. The third kappa shape index (κ3) is 23.0. The van der Waals surface area contributed by atoms with Gasteiger partial charge in [0, 0.05) is 6.42 Å². The van der Waals surface area contributed by atoms with E-state index in [0.717, 1.165) is 12.8 Å². The van der Waals surface area contributed by atoms with E-state index in [0.29, 0.717) is 6.42 Å². The molecule has 4 heteroatoms. The number of carboxylic acid groups (broad SMARTS) is 1. The molecule has 0 aliphatic heterocycles. The van der Waals surface area contributed by atoms with Gasteiger partial charge >= 0.3 is 5.97 Å². The van der Waals surface area contributed by atoms with Crippen molar-refractivity contribution in [2.24, 2.45) is 0 Å². The Morgan fingerprint density at radius 1 is 1.00 bits per heavy atom. The van der Waals surface area contributed by atoms with Crippen LogP contribution in [-0.2, 0) is 4.79 Å². The highest BCUT2D eigenvalue weighted by Gasteiger charge is 1.96. The van der Waals surface area contributed by atoms with E-state index in [1.807, 2.05) is 14.1 Å². The molecule has 0 aromatic carbocycles. The van der Waals surface area contributed by atoms with Gasteiger partial charge in [0.05, 0.1) is 0 Å². The summed E-state index contributed by atoms with van der Waals surface area (Å²) in [5.41, 5.74) is 0. The quantitative estimate of drug-likeness (QED) is 0.473. The molecule has 0 bridgehead atoms. The number of hydrogen-bond acceptors (Lipinski definition) is 3. The SMILES string of the molecule is CC(O)N(C)C.CCCCCCCCCCC(=O)O. The number of carboxylic acids is 1. The largest absolute Gasteiger partial charge is 0.481 e. The monoisotopic (exact) mass is 275 g/mol. The molecular weight excluding hydrogens is 242 g/mol. The van der Waals surface area contributed by atoms with Gasteiger partial charge in [-0.3, -0.25) is 9.69 Å². The van der Waals surface area contributed by atoms with Crippen molar-refractivity contribution in [2.75, 3.05) is 14.1 Å². The number of rotatable bonds is 10. The summed E-state index contributed by atoms with van der Waals surface area (Å²) in [4.78, 5) is 11.9. The zero-order chi connectivity index (χ0) is 15.1. The lowest BCUT2D eigenvalue weighted by Gasteiger charge is -2.11. The summed E-state index contributed by atoms with van der Waals surface area (Å²) in [6.45, 7) is 3.94. The van der Waals surface area contributed by atoms with Crippen LogP contribution in [0.2, 0.25) is 0 Å². The van der Waals surface area contributed by atoms with Crippen LogP contribution in [0.4, 0.5) is 0 Å². The standard InChI is InChI=1S/C11H22O2.C4H11NO/c1-2-3-4-5-6-7-8-9-10-11(12)13;1-4(6)5(2)3/h2-10H2,1H3,(H,12,13);4,6H,1-3H3. The van der Waals surface area contributed by atoms with E-state index in [4.69, 9.17) is 10.2 Å². The Kier molecular flexibility index (Phi) is 16.8. The average Bonchev–Trinajstić information content (AvgIpc) is 2.33. The molecule has 0 spiro atoms. The van der Waals surface area contributed by atoms with Crippen molar-refractivity contribution in [3.63, 3.8) is 0 Å². The summed E-state index contributed by atoms with van der Waals surface area (Å²) in [6.07, 6.45) is 9.74. The van der Waals surface area contributed by atoms with Gasteiger partial charge in [0.15, 0.2) is 0 Å². The minimum Gasteiger partial charge on any atom is -0.481 e. The normalized spacial score (nSPS) is 11.9. The summed E-state index contributed by atoms with van der Waals surface area (Å²) in [5.74, 6) is -0.661. The molecule has 116 valence electrons. The maximum absolute atomic E-state index is 10.2. The van der Waals surface area contributed by atoms with E-state index in [9.17, 15) is 4.79 Å². The molecular formula is C15H33NO3. The Morgan fingerprint density at radius 2 is 1.37 bits per heavy atom. The van der Waals surface area contributed by atoms with Crippen LogP contribution < -0.4 is 0 Å². The fourth-order valence-electron chi connectivity index (χ4n) is 1.41. The van der Waals surface area contributed by atoms with Crippen LogP contribution in [-0.4, -0.2) is 41.4 Å². The smallest absolute Gasteiger partial charge is 0.303 e. The highest BCUT2D eigenvalue weighted by atomic mass is 16.4. The third-order valence-corrected chi connectivity index (χ3v) is 2.99. The first-order valence-electron chi connectivity index (χ1n) is 7.48. The van der Waals surface area contributed by atoms with Crippen molar-refractivity contribution >= 4 is 5.97 Å². The summed E-state index contributed by atoms with van der Waals surface area (Å²) in [7, 11) is 3.65. The van der Waals surface area contributed by atoms with Crippen molar-refractivity contribution < 1.29 is 15.0 Å². The Balaban J connectivity index is 0. The first-order valence-corrected chi connectivity index (χ1v) is 7.48. The van der Waals surface area contributed by atoms with Gasteiger partial charge in [-0.2, -0.15) is 0 Å². The van der Waals surface area contributed by atoms with Crippen molar-refractivity contribution in [3.05, 3.63) is 0 Å². The van der Waals surface area contributed by atoms with Crippen LogP contribution in [0.1, 0.15) is 71.6 Å². The van der Waals surface area contributed by atoms with E-state index in [-0.39, 0.29) is 6.23 Å². The van der Waals surface area contributed by atoms with Crippen molar-refractivity contribution in [1.29, 1.82) is 0 Å². The Hall–Kier alpha value is -0.610. The first-order chi connectivity index (χ1) is 8.91. The van der Waals surface area contributed by atoms with Gasteiger partial charge < -0.3 is 10.2 Å². The Morgan fingerprint density at radius 3 is 1.68 bits per heavy atom. The van der Waals surface area contributed by atoms with Crippen LogP contribution in [0.15, 0.2) is 0 Å². The third-order valence-electron chi connectivity index (χ3n) is 2.99. The molecule has 0 aromatic heterocycles. The number of unbranched alkanes of at least 4 members (excludes halogenated alkanes) is 7. The van der Waals surface area contributed by atoms with Gasteiger partial charge in [-0.25, -0.2) is 0 Å². The second-order valence-corrected chi connectivity index (χ2v) is 5.21. The van der Waals surface area contributed by atoms with Gasteiger partial charge in [-0.1, -0.05) is 51.9 Å². The minimum absolute atomic E-state index is 0.315. The second-order valence-electron chi connectivity index (χ2n) is 5.21. The molecule has 0 aliphatic carbocycles. The summed E-state index contributed by atoms with van der Waals surface area (Å²) >= 11 is 0. The van der Waals surface area contributed by atoms with Crippen LogP contribution in [0, 0.1) is 0 Å². The molecule has 2 N–H and O–H groups in total. The van der Waals surface area contributed by atoms with E-state index in [1.165, 1.54) is 38.5 Å². The Labute approximate surface area is 118 Å². The number of hydrogen-bond donors (Lipinski definition) is 2. The molecule has 0 saturated carbocycles. The highest BCUT2D eigenvalue weighted by Crippen LogP contribution is 2.09. The maximum atomic E-state index is 10.2. The molecule has 4 nitrogen and oxygen atoms in total. The molecule has 0 radical (unpaired) electrons. The van der Waals surface area contributed by atoms with E-state index < -0.39 is 5.97 Å². The first kappa shape index (κ1) is 20.7. The van der Waals surface area contributed by atoms with Gasteiger partial charge in [0.2, 0.25) is 0 Å². The molecule has 0 amide bonds. The van der Waals surface area contributed by atoms with Crippen molar-refractivity contribution in [3.8, 4) is 0 Å². The van der Waals surface area contributed by atoms with Crippen LogP contribution in [0.5, 0.6) is 0 Å². The number of nitrogens with zero attached hydrogens (tertiary/aromatic N) is 1. The topological polar surface area (TPSA) is 60.8 Å². The average molecular weight is 275 g/mol. The van der Waals surface area contributed by atoms with Gasteiger partial charge in [-0.05, 0) is 27.4 Å². The van der Waals surface area contributed by atoms with E-state index >= 15 is 0 Å². The molecule has 0 aliphatic rings. The molecule has 1 unspecified atom stereocenters.